The van der Waals surface area contributed by atoms with Crippen molar-refractivity contribution in [3.8, 4) is 5.75 Å². The van der Waals surface area contributed by atoms with Gasteiger partial charge in [0.2, 0.25) is 10.0 Å². The second-order valence-corrected chi connectivity index (χ2v) is 10.9. The summed E-state index contributed by atoms with van der Waals surface area (Å²) in [6, 6.07) is 13.8. The average Bonchev–Trinajstić information content (AvgIpc) is 3.21. The van der Waals surface area contributed by atoms with Gasteiger partial charge in [0.05, 0.1) is 24.7 Å². The van der Waals surface area contributed by atoms with E-state index in [1.165, 1.54) is 4.31 Å². The minimum Gasteiger partial charge on any atom is -0.497 e. The number of H-pyrrole nitrogens is 1. The smallest absolute Gasteiger partial charge is 0.243 e. The molecular formula is C24H29N3O4S. The Morgan fingerprint density at radius 2 is 1.88 bits per heavy atom. The molecule has 1 atom stereocenters. The number of hydrogen-bond donors (Lipinski definition) is 2. The number of ether oxygens (including phenoxy) is 1. The molecular weight excluding hydrogens is 426 g/mol. The van der Waals surface area contributed by atoms with Crippen LogP contribution in [0.25, 0.3) is 10.9 Å². The van der Waals surface area contributed by atoms with Crippen molar-refractivity contribution in [2.75, 3.05) is 40.4 Å². The highest BCUT2D eigenvalue weighted by Gasteiger charge is 2.50. The molecule has 0 unspecified atom stereocenters. The van der Waals surface area contributed by atoms with Gasteiger partial charge >= 0.3 is 0 Å². The number of aliphatic hydroxyl groups is 1. The van der Waals surface area contributed by atoms with Gasteiger partial charge in [-0.3, -0.25) is 0 Å². The Bertz CT molecular complexity index is 1230. The summed E-state index contributed by atoms with van der Waals surface area (Å²) in [5.74, 6) is 0.739. The Kier molecular flexibility index (Phi) is 5.28. The summed E-state index contributed by atoms with van der Waals surface area (Å²) in [7, 11) is -0.0551. The topological polar surface area (TPSA) is 85.9 Å². The number of rotatable bonds is 4. The first-order valence-corrected chi connectivity index (χ1v) is 12.4. The number of likely N-dealkylation sites (tertiary alicyclic amines) is 1. The number of piperidine rings is 1. The van der Waals surface area contributed by atoms with Gasteiger partial charge in [0.15, 0.2) is 0 Å². The second kappa shape index (κ2) is 7.88. The number of hydrogen-bond acceptors (Lipinski definition) is 5. The van der Waals surface area contributed by atoms with Crippen LogP contribution in [0.15, 0.2) is 53.4 Å². The van der Waals surface area contributed by atoms with E-state index in [1.54, 1.807) is 37.4 Å². The highest BCUT2D eigenvalue weighted by atomic mass is 32.2. The molecule has 7 nitrogen and oxygen atoms in total. The predicted molar refractivity (Wildman–Crippen MR) is 123 cm³/mol. The maximum absolute atomic E-state index is 13.7. The van der Waals surface area contributed by atoms with E-state index in [9.17, 15) is 13.5 Å². The molecule has 0 aliphatic carbocycles. The first-order chi connectivity index (χ1) is 15.4. The predicted octanol–water partition coefficient (Wildman–Crippen LogP) is 2.88. The minimum atomic E-state index is -3.79. The van der Waals surface area contributed by atoms with Crippen LogP contribution in [-0.2, 0) is 15.4 Å². The molecule has 0 radical (unpaired) electrons. The maximum Gasteiger partial charge on any atom is 0.243 e. The fourth-order valence-electron chi connectivity index (χ4n) is 5.39. The fourth-order valence-corrected chi connectivity index (χ4v) is 7.09. The largest absolute Gasteiger partial charge is 0.497 e. The van der Waals surface area contributed by atoms with E-state index in [0.717, 1.165) is 53.8 Å². The number of nitrogens with one attached hydrogen (secondary N) is 1. The molecule has 0 saturated carbocycles. The van der Waals surface area contributed by atoms with Gasteiger partial charge in [-0.2, -0.15) is 4.31 Å². The van der Waals surface area contributed by atoms with Crippen LogP contribution in [0.3, 0.4) is 0 Å². The molecule has 0 bridgehead atoms. The van der Waals surface area contributed by atoms with Crippen molar-refractivity contribution in [1.82, 2.24) is 14.2 Å². The van der Waals surface area contributed by atoms with Gasteiger partial charge < -0.3 is 19.7 Å². The zero-order chi connectivity index (χ0) is 22.5. The van der Waals surface area contributed by atoms with E-state index < -0.39 is 16.1 Å². The summed E-state index contributed by atoms with van der Waals surface area (Å²) < 4.78 is 34.4. The Morgan fingerprint density at radius 1 is 1.16 bits per heavy atom. The fraction of sp³-hybridized carbons (Fsp3) is 0.417. The summed E-state index contributed by atoms with van der Waals surface area (Å²) in [4.78, 5) is 6.01. The van der Waals surface area contributed by atoms with Crippen LogP contribution in [0, 0.1) is 0 Å². The zero-order valence-corrected chi connectivity index (χ0v) is 19.2. The van der Waals surface area contributed by atoms with Crippen molar-refractivity contribution in [2.24, 2.45) is 0 Å². The summed E-state index contributed by atoms with van der Waals surface area (Å²) >= 11 is 0. The normalized spacial score (nSPS) is 21.7. The number of nitrogens with zero attached hydrogens (tertiary/aromatic N) is 2. The molecule has 5 rings (SSSR count). The first kappa shape index (κ1) is 21.5. The van der Waals surface area contributed by atoms with Crippen LogP contribution >= 0.6 is 0 Å². The summed E-state index contributed by atoms with van der Waals surface area (Å²) in [6.07, 6.45) is 1.71. The highest BCUT2D eigenvalue weighted by Crippen LogP contribution is 2.50. The Balaban J connectivity index is 1.72. The van der Waals surface area contributed by atoms with Gasteiger partial charge in [0.25, 0.3) is 0 Å². The second-order valence-electron chi connectivity index (χ2n) is 8.97. The molecule has 1 spiro atoms. The van der Waals surface area contributed by atoms with Crippen molar-refractivity contribution < 1.29 is 18.3 Å². The van der Waals surface area contributed by atoms with Gasteiger partial charge in [-0.05, 0) is 62.8 Å². The standard InChI is InChI=1S/C24H29N3O4S/c1-26-12-10-24(11-13-26)16-27(32(29,30)18-6-4-3-5-7-18)21(15-28)23-22(24)19-9-8-17(31-2)14-20(19)25-23/h3-9,14,21,25,28H,10-13,15-16H2,1-2H3/t21-/m1/s1. The third-order valence-electron chi connectivity index (χ3n) is 7.17. The highest BCUT2D eigenvalue weighted by molar-refractivity contribution is 7.89. The Morgan fingerprint density at radius 3 is 2.53 bits per heavy atom. The third kappa shape index (κ3) is 3.25. The number of methoxy groups -OCH3 is 1. The molecule has 2 aliphatic rings. The maximum atomic E-state index is 13.7. The molecule has 2 aliphatic heterocycles. The Labute approximate surface area is 188 Å². The van der Waals surface area contributed by atoms with Crippen LogP contribution < -0.4 is 4.74 Å². The van der Waals surface area contributed by atoms with Crippen molar-refractivity contribution >= 4 is 20.9 Å². The van der Waals surface area contributed by atoms with E-state index in [-0.39, 0.29) is 16.9 Å². The minimum absolute atomic E-state index is 0.253. The lowest BCUT2D eigenvalue weighted by Crippen LogP contribution is -2.54. The van der Waals surface area contributed by atoms with Gasteiger partial charge in [-0.15, -0.1) is 0 Å². The number of aromatic nitrogens is 1. The molecule has 3 aromatic rings. The first-order valence-electron chi connectivity index (χ1n) is 11.0. The van der Waals surface area contributed by atoms with Crippen LogP contribution in [0.5, 0.6) is 5.75 Å². The molecule has 1 aromatic heterocycles. The lowest BCUT2D eigenvalue weighted by atomic mass is 9.69. The van der Waals surface area contributed by atoms with Crippen LogP contribution in [0.1, 0.15) is 30.1 Å². The van der Waals surface area contributed by atoms with Gasteiger partial charge in [0, 0.05) is 34.6 Å². The third-order valence-corrected chi connectivity index (χ3v) is 9.04. The van der Waals surface area contributed by atoms with Gasteiger partial charge in [-0.25, -0.2) is 8.42 Å². The van der Waals surface area contributed by atoms with E-state index >= 15 is 0 Å². The van der Waals surface area contributed by atoms with Crippen LogP contribution in [0.2, 0.25) is 0 Å². The zero-order valence-electron chi connectivity index (χ0n) is 18.4. The summed E-state index contributed by atoms with van der Waals surface area (Å²) in [6.45, 7) is 1.85. The van der Waals surface area contributed by atoms with Crippen molar-refractivity contribution in [3.63, 3.8) is 0 Å². The van der Waals surface area contributed by atoms with Crippen molar-refractivity contribution in [3.05, 3.63) is 59.8 Å². The number of aliphatic hydroxyl groups excluding tert-OH is 1. The summed E-state index contributed by atoms with van der Waals surface area (Å²) in [5, 5.41) is 11.5. The van der Waals surface area contributed by atoms with E-state index in [1.807, 2.05) is 12.1 Å². The monoisotopic (exact) mass is 455 g/mol. The number of benzene rings is 2. The molecule has 2 aromatic carbocycles. The lowest BCUT2D eigenvalue weighted by molar-refractivity contribution is 0.105. The molecule has 2 N–H and O–H groups in total. The van der Waals surface area contributed by atoms with Gasteiger partial charge in [0.1, 0.15) is 5.75 Å². The van der Waals surface area contributed by atoms with Gasteiger partial charge in [-0.1, -0.05) is 18.2 Å². The van der Waals surface area contributed by atoms with E-state index in [0.29, 0.717) is 6.54 Å². The molecule has 3 heterocycles. The number of fused-ring (bicyclic) bond motifs is 4. The van der Waals surface area contributed by atoms with Crippen LogP contribution in [0.4, 0.5) is 0 Å². The number of sulfonamides is 1. The molecule has 1 saturated heterocycles. The molecule has 1 fully saturated rings. The molecule has 32 heavy (non-hydrogen) atoms. The summed E-state index contributed by atoms with van der Waals surface area (Å²) in [5.41, 5.74) is 2.54. The quantitative estimate of drug-likeness (QED) is 0.632. The molecule has 0 amide bonds. The molecule has 170 valence electrons. The van der Waals surface area contributed by atoms with Crippen molar-refractivity contribution in [2.45, 2.75) is 29.2 Å². The SMILES string of the molecule is COc1ccc2c3c([nH]c2c1)[C@@H](CO)N(S(=O)(=O)c1ccccc1)CC31CCN(C)CC1. The van der Waals surface area contributed by atoms with E-state index in [4.69, 9.17) is 4.74 Å². The Hall–Kier alpha value is -2.39. The molecule has 8 heteroatoms. The van der Waals surface area contributed by atoms with Crippen molar-refractivity contribution in [1.29, 1.82) is 0 Å². The average molecular weight is 456 g/mol. The lowest BCUT2D eigenvalue weighted by Gasteiger charge is -2.49. The number of aromatic amines is 1. The van der Waals surface area contributed by atoms with E-state index in [2.05, 4.69) is 23.0 Å². The van der Waals surface area contributed by atoms with Crippen LogP contribution in [-0.4, -0.2) is 68.1 Å².